The summed E-state index contributed by atoms with van der Waals surface area (Å²) in [4.78, 5) is 12.0. The molecule has 2 aromatic carbocycles. The summed E-state index contributed by atoms with van der Waals surface area (Å²) in [5, 5.41) is 2.82. The van der Waals surface area contributed by atoms with Crippen molar-refractivity contribution < 1.29 is 9.18 Å². The first-order chi connectivity index (χ1) is 9.47. The summed E-state index contributed by atoms with van der Waals surface area (Å²) in [7, 11) is 0. The molecule has 0 fully saturated rings. The minimum atomic E-state index is -0.589. The first-order valence-electron chi connectivity index (χ1n) is 6.08. The molecule has 0 aliphatic rings. The van der Waals surface area contributed by atoms with Crippen molar-refractivity contribution in [2.45, 2.75) is 13.0 Å². The summed E-state index contributed by atoms with van der Waals surface area (Å²) in [5.74, 6) is -0.923. The number of amides is 1. The van der Waals surface area contributed by atoms with Gasteiger partial charge in [-0.15, -0.1) is 0 Å². The average Bonchev–Trinajstić information content (AvgIpc) is 2.42. The fourth-order valence-electron chi connectivity index (χ4n) is 1.78. The van der Waals surface area contributed by atoms with Gasteiger partial charge in [0.25, 0.3) is 5.91 Å². The second-order valence-corrected chi connectivity index (χ2v) is 5.40. The molecule has 2 aromatic rings. The van der Waals surface area contributed by atoms with Crippen molar-refractivity contribution in [3.05, 3.63) is 63.9 Å². The van der Waals surface area contributed by atoms with E-state index in [9.17, 15) is 9.18 Å². The predicted octanol–water partition coefficient (Wildman–Crippen LogP) is 3.66. The van der Waals surface area contributed by atoms with E-state index in [0.29, 0.717) is 0 Å². The second-order valence-electron chi connectivity index (χ2n) is 4.48. The second kappa shape index (κ2) is 6.05. The number of carbonyl (C=O) groups excluding carboxylic acids is 1. The van der Waals surface area contributed by atoms with Gasteiger partial charge < -0.3 is 11.1 Å². The van der Waals surface area contributed by atoms with Crippen LogP contribution in [0, 0.1) is 5.82 Å². The first kappa shape index (κ1) is 14.5. The first-order valence-corrected chi connectivity index (χ1v) is 6.88. The Morgan fingerprint density at radius 2 is 1.90 bits per heavy atom. The number of anilines is 1. The third-order valence-corrected chi connectivity index (χ3v) is 3.51. The average molecular weight is 337 g/mol. The van der Waals surface area contributed by atoms with Crippen LogP contribution < -0.4 is 11.1 Å². The molecule has 0 aliphatic carbocycles. The Morgan fingerprint density at radius 1 is 1.25 bits per heavy atom. The maximum absolute atomic E-state index is 13.3. The van der Waals surface area contributed by atoms with Gasteiger partial charge in [0, 0.05) is 10.0 Å². The van der Waals surface area contributed by atoms with E-state index in [0.717, 1.165) is 16.1 Å². The van der Waals surface area contributed by atoms with Crippen LogP contribution in [0.25, 0.3) is 0 Å². The normalized spacial score (nSPS) is 11.9. The van der Waals surface area contributed by atoms with Gasteiger partial charge in [0.2, 0.25) is 0 Å². The Balaban J connectivity index is 2.10. The molecule has 1 atom stereocenters. The van der Waals surface area contributed by atoms with Gasteiger partial charge in [-0.1, -0.05) is 28.1 Å². The number of nitrogens with two attached hydrogens (primary N) is 1. The fraction of sp³-hybridized carbons (Fsp3) is 0.133. The summed E-state index contributed by atoms with van der Waals surface area (Å²) in [6, 6.07) is 11.5. The molecule has 0 saturated heterocycles. The van der Waals surface area contributed by atoms with Gasteiger partial charge in [0.1, 0.15) is 5.82 Å². The molecule has 3 N–H and O–H groups in total. The highest BCUT2D eigenvalue weighted by atomic mass is 79.9. The molecule has 0 unspecified atom stereocenters. The number of hydrogen-bond acceptors (Lipinski definition) is 2. The van der Waals surface area contributed by atoms with Crippen LogP contribution in [0.15, 0.2) is 46.9 Å². The minimum absolute atomic E-state index is 0.0301. The van der Waals surface area contributed by atoms with E-state index >= 15 is 0 Å². The Bertz CT molecular complexity index is 628. The highest BCUT2D eigenvalue weighted by Crippen LogP contribution is 2.18. The zero-order chi connectivity index (χ0) is 14.7. The van der Waals surface area contributed by atoms with E-state index < -0.39 is 5.82 Å². The van der Waals surface area contributed by atoms with Gasteiger partial charge in [-0.05, 0) is 42.8 Å². The molecule has 1 amide bonds. The van der Waals surface area contributed by atoms with Gasteiger partial charge in [-0.25, -0.2) is 4.39 Å². The Morgan fingerprint density at radius 3 is 2.50 bits per heavy atom. The van der Waals surface area contributed by atoms with E-state index in [4.69, 9.17) is 5.73 Å². The van der Waals surface area contributed by atoms with Gasteiger partial charge in [0.05, 0.1) is 11.7 Å². The highest BCUT2D eigenvalue weighted by Gasteiger charge is 2.12. The smallest absolute Gasteiger partial charge is 0.251 e. The third-order valence-electron chi connectivity index (χ3n) is 2.98. The predicted molar refractivity (Wildman–Crippen MR) is 80.8 cm³/mol. The lowest BCUT2D eigenvalue weighted by Crippen LogP contribution is -2.26. The van der Waals surface area contributed by atoms with Crippen molar-refractivity contribution in [3.8, 4) is 0 Å². The highest BCUT2D eigenvalue weighted by molar-refractivity contribution is 9.10. The van der Waals surface area contributed by atoms with Gasteiger partial charge in [-0.3, -0.25) is 4.79 Å². The quantitative estimate of drug-likeness (QED) is 0.840. The molecule has 0 aromatic heterocycles. The van der Waals surface area contributed by atoms with Gasteiger partial charge >= 0.3 is 0 Å². The number of halogens is 2. The zero-order valence-corrected chi connectivity index (χ0v) is 12.4. The molecule has 0 radical (unpaired) electrons. The topological polar surface area (TPSA) is 55.1 Å². The van der Waals surface area contributed by atoms with Gasteiger partial charge in [0.15, 0.2) is 0 Å². The summed E-state index contributed by atoms with van der Waals surface area (Å²) in [5.41, 5.74) is 6.63. The lowest BCUT2D eigenvalue weighted by atomic mass is 10.1. The van der Waals surface area contributed by atoms with Crippen molar-refractivity contribution >= 4 is 27.5 Å². The largest absolute Gasteiger partial charge is 0.396 e. The van der Waals surface area contributed by atoms with E-state index in [-0.39, 0.29) is 23.2 Å². The maximum Gasteiger partial charge on any atom is 0.251 e. The van der Waals surface area contributed by atoms with E-state index in [1.165, 1.54) is 12.1 Å². The number of rotatable bonds is 3. The monoisotopic (exact) mass is 336 g/mol. The molecule has 0 spiro atoms. The summed E-state index contributed by atoms with van der Waals surface area (Å²) in [6.07, 6.45) is 0. The lowest BCUT2D eigenvalue weighted by molar-refractivity contribution is 0.0939. The number of nitrogens with one attached hydrogen (secondary N) is 1. The van der Waals surface area contributed by atoms with Crippen LogP contribution in [0.5, 0.6) is 0 Å². The van der Waals surface area contributed by atoms with Crippen LogP contribution in [0.3, 0.4) is 0 Å². The SMILES string of the molecule is C[C@H](NC(=O)c1ccc(N)c(F)c1)c1ccc(Br)cc1. The zero-order valence-electron chi connectivity index (χ0n) is 10.9. The standard InChI is InChI=1S/C15H14BrFN2O/c1-9(10-2-5-12(16)6-3-10)19-15(20)11-4-7-14(18)13(17)8-11/h2-9H,18H2,1H3,(H,19,20)/t9-/m0/s1. The van der Waals surface area contributed by atoms with Crippen molar-refractivity contribution in [2.24, 2.45) is 0 Å². The number of benzene rings is 2. The molecular formula is C15H14BrFN2O. The van der Waals surface area contributed by atoms with E-state index in [1.807, 2.05) is 31.2 Å². The molecule has 5 heteroatoms. The molecule has 0 saturated carbocycles. The van der Waals surface area contributed by atoms with Crippen molar-refractivity contribution in [1.29, 1.82) is 0 Å². The maximum atomic E-state index is 13.3. The lowest BCUT2D eigenvalue weighted by Gasteiger charge is -2.14. The Kier molecular flexibility index (Phi) is 4.39. The minimum Gasteiger partial charge on any atom is -0.396 e. The van der Waals surface area contributed by atoms with E-state index in [2.05, 4.69) is 21.2 Å². The van der Waals surface area contributed by atoms with E-state index in [1.54, 1.807) is 0 Å². The van der Waals surface area contributed by atoms with Crippen LogP contribution >= 0.6 is 15.9 Å². The van der Waals surface area contributed by atoms with Crippen molar-refractivity contribution in [1.82, 2.24) is 5.32 Å². The van der Waals surface area contributed by atoms with Crippen LogP contribution in [-0.4, -0.2) is 5.91 Å². The molecule has 2 rings (SSSR count). The number of carbonyl (C=O) groups is 1. The fourth-order valence-corrected chi connectivity index (χ4v) is 2.05. The summed E-state index contributed by atoms with van der Waals surface area (Å²) in [6.45, 7) is 1.87. The molecular weight excluding hydrogens is 323 g/mol. The number of nitrogen functional groups attached to an aromatic ring is 1. The Labute approximate surface area is 125 Å². The van der Waals surface area contributed by atoms with Crippen molar-refractivity contribution in [3.63, 3.8) is 0 Å². The number of hydrogen-bond donors (Lipinski definition) is 2. The molecule has 0 bridgehead atoms. The molecule has 20 heavy (non-hydrogen) atoms. The van der Waals surface area contributed by atoms with Crippen LogP contribution in [-0.2, 0) is 0 Å². The summed E-state index contributed by atoms with van der Waals surface area (Å²) < 4.78 is 14.3. The third kappa shape index (κ3) is 3.36. The molecule has 0 aliphatic heterocycles. The Hall–Kier alpha value is -1.88. The molecule has 104 valence electrons. The molecule has 3 nitrogen and oxygen atoms in total. The van der Waals surface area contributed by atoms with Crippen LogP contribution in [0.4, 0.5) is 10.1 Å². The van der Waals surface area contributed by atoms with Gasteiger partial charge in [-0.2, -0.15) is 0 Å². The van der Waals surface area contributed by atoms with Crippen molar-refractivity contribution in [2.75, 3.05) is 5.73 Å². The summed E-state index contributed by atoms with van der Waals surface area (Å²) >= 11 is 3.36. The van der Waals surface area contributed by atoms with Crippen LogP contribution in [0.2, 0.25) is 0 Å². The molecule has 0 heterocycles. The van der Waals surface area contributed by atoms with Crippen LogP contribution in [0.1, 0.15) is 28.9 Å².